The minimum absolute atomic E-state index is 0.0285. The molecule has 24 heavy (non-hydrogen) atoms. The van der Waals surface area contributed by atoms with Crippen molar-refractivity contribution in [3.05, 3.63) is 64.8 Å². The van der Waals surface area contributed by atoms with Gasteiger partial charge < -0.3 is 10.3 Å². The van der Waals surface area contributed by atoms with Crippen molar-refractivity contribution in [1.29, 1.82) is 0 Å². The van der Waals surface area contributed by atoms with Gasteiger partial charge in [-0.1, -0.05) is 23.7 Å². The summed E-state index contributed by atoms with van der Waals surface area (Å²) in [7, 11) is 0. The lowest BCUT2D eigenvalue weighted by Crippen LogP contribution is -2.38. The fourth-order valence-corrected chi connectivity index (χ4v) is 2.48. The molecule has 0 bridgehead atoms. The van der Waals surface area contributed by atoms with Crippen molar-refractivity contribution in [2.75, 3.05) is 0 Å². The van der Waals surface area contributed by atoms with Gasteiger partial charge in [0.25, 0.3) is 5.82 Å². The second-order valence-corrected chi connectivity index (χ2v) is 5.88. The van der Waals surface area contributed by atoms with Gasteiger partial charge in [0.05, 0.1) is 5.56 Å². The van der Waals surface area contributed by atoms with Crippen LogP contribution in [0.1, 0.15) is 11.1 Å². The number of aromatic nitrogens is 2. The van der Waals surface area contributed by atoms with Gasteiger partial charge in [-0.05, 0) is 42.3 Å². The molecule has 0 unspecified atom stereocenters. The van der Waals surface area contributed by atoms with Gasteiger partial charge in [0.15, 0.2) is 0 Å². The van der Waals surface area contributed by atoms with E-state index in [4.69, 9.17) is 11.6 Å². The molecule has 0 radical (unpaired) electrons. The Labute approximate surface area is 143 Å². The van der Waals surface area contributed by atoms with Crippen molar-refractivity contribution in [3.63, 3.8) is 0 Å². The van der Waals surface area contributed by atoms with Crippen molar-refractivity contribution in [1.82, 2.24) is 4.85 Å². The van der Waals surface area contributed by atoms with Crippen LogP contribution in [-0.2, 0) is 0 Å². The number of aromatic hydroxyl groups is 1. The maximum atomic E-state index is 10.4. The second-order valence-electron chi connectivity index (χ2n) is 5.44. The summed E-state index contributed by atoms with van der Waals surface area (Å²) in [5, 5.41) is 28.9. The van der Waals surface area contributed by atoms with E-state index in [1.54, 1.807) is 49.5 Å². The van der Waals surface area contributed by atoms with Gasteiger partial charge in [-0.2, -0.15) is 0 Å². The topological polar surface area (TPSA) is 74.0 Å². The fraction of sp³-hybridized carbons (Fsp3) is 0.118. The summed E-state index contributed by atoms with van der Waals surface area (Å²) in [4.78, 5) is 0.886. The van der Waals surface area contributed by atoms with Crippen LogP contribution in [0.25, 0.3) is 5.69 Å². The molecule has 0 aliphatic rings. The van der Waals surface area contributed by atoms with Crippen molar-refractivity contribution in [3.8, 4) is 11.4 Å². The SMILES string of the molecule is Cc1ccc(O)c(N=Nc2c(C)c[n+](-c3cccc(Cl)c3)n2O)c1. The minimum atomic E-state index is 0.0285. The Hall–Kier alpha value is -2.86. The molecule has 0 fully saturated rings. The normalized spacial score (nSPS) is 11.3. The van der Waals surface area contributed by atoms with Crippen LogP contribution in [0.4, 0.5) is 11.5 Å². The van der Waals surface area contributed by atoms with E-state index in [2.05, 4.69) is 10.2 Å². The average molecular weight is 344 g/mol. The molecule has 0 amide bonds. The van der Waals surface area contributed by atoms with E-state index < -0.39 is 0 Å². The molecule has 0 aliphatic heterocycles. The number of phenolic OH excluding ortho intramolecular Hbond substituents is 1. The van der Waals surface area contributed by atoms with Crippen LogP contribution < -0.4 is 4.68 Å². The first-order valence-corrected chi connectivity index (χ1v) is 7.64. The molecule has 7 heteroatoms. The Bertz CT molecular complexity index is 934. The molecule has 0 aliphatic carbocycles. The van der Waals surface area contributed by atoms with E-state index in [9.17, 15) is 10.3 Å². The van der Waals surface area contributed by atoms with Crippen LogP contribution in [0, 0.1) is 13.8 Å². The number of hydrogen-bond donors (Lipinski definition) is 2. The van der Waals surface area contributed by atoms with E-state index >= 15 is 0 Å². The smallest absolute Gasteiger partial charge is 0.262 e. The first kappa shape index (κ1) is 16.0. The average Bonchev–Trinajstić information content (AvgIpc) is 2.83. The number of phenols is 1. The third kappa shape index (κ3) is 3.09. The van der Waals surface area contributed by atoms with E-state index in [1.807, 2.05) is 13.0 Å². The van der Waals surface area contributed by atoms with Gasteiger partial charge >= 0.3 is 0 Å². The number of aryl methyl sites for hydroxylation is 2. The van der Waals surface area contributed by atoms with Crippen LogP contribution in [-0.4, -0.2) is 15.2 Å². The van der Waals surface area contributed by atoms with Crippen LogP contribution in [0.5, 0.6) is 5.75 Å². The highest BCUT2D eigenvalue weighted by molar-refractivity contribution is 6.30. The van der Waals surface area contributed by atoms with Gasteiger partial charge in [-0.3, -0.25) is 0 Å². The molecule has 0 atom stereocenters. The lowest BCUT2D eigenvalue weighted by molar-refractivity contribution is -0.715. The number of halogens is 1. The highest BCUT2D eigenvalue weighted by Gasteiger charge is 2.21. The first-order chi connectivity index (χ1) is 11.5. The van der Waals surface area contributed by atoms with Gasteiger partial charge in [0, 0.05) is 22.0 Å². The summed E-state index contributed by atoms with van der Waals surface area (Å²) >= 11 is 5.99. The standard InChI is InChI=1S/C17H15ClN4O2/c1-11-6-7-16(23)15(8-11)19-20-17-12(2)10-21(22(17)24)14-5-3-4-13(18)9-14/h3-10,24H,1-2H3/p+1. The quantitative estimate of drug-likeness (QED) is 0.420. The molecule has 122 valence electrons. The van der Waals surface area contributed by atoms with E-state index in [0.717, 1.165) is 10.4 Å². The lowest BCUT2D eigenvalue weighted by Gasteiger charge is -1.99. The Morgan fingerprint density at radius 2 is 1.88 bits per heavy atom. The molecule has 0 saturated carbocycles. The maximum Gasteiger partial charge on any atom is 0.262 e. The summed E-state index contributed by atoms with van der Waals surface area (Å²) < 4.78 is 1.51. The van der Waals surface area contributed by atoms with Crippen molar-refractivity contribution in [2.45, 2.75) is 13.8 Å². The first-order valence-electron chi connectivity index (χ1n) is 7.26. The lowest BCUT2D eigenvalue weighted by atomic mass is 10.2. The summed E-state index contributed by atoms with van der Waals surface area (Å²) in [5.74, 6) is 0.289. The van der Waals surface area contributed by atoms with Gasteiger partial charge in [-0.15, -0.1) is 10.2 Å². The van der Waals surface area contributed by atoms with Crippen LogP contribution in [0.2, 0.25) is 5.02 Å². The Balaban J connectivity index is 2.01. The monoisotopic (exact) mass is 343 g/mol. The van der Waals surface area contributed by atoms with Gasteiger partial charge in [0.1, 0.15) is 11.4 Å². The molecule has 1 aromatic heterocycles. The van der Waals surface area contributed by atoms with E-state index in [1.165, 1.54) is 4.68 Å². The third-order valence-corrected chi connectivity index (χ3v) is 3.75. The molecular formula is C17H16ClN4O2+. The summed E-state index contributed by atoms with van der Waals surface area (Å²) in [5.41, 5.74) is 2.69. The van der Waals surface area contributed by atoms with E-state index in [0.29, 0.717) is 22.0 Å². The zero-order chi connectivity index (χ0) is 17.3. The predicted molar refractivity (Wildman–Crippen MR) is 89.9 cm³/mol. The fourth-order valence-electron chi connectivity index (χ4n) is 2.29. The van der Waals surface area contributed by atoms with Crippen molar-refractivity contribution >= 4 is 23.1 Å². The van der Waals surface area contributed by atoms with Crippen molar-refractivity contribution in [2.24, 2.45) is 10.2 Å². The molecule has 2 aromatic carbocycles. The highest BCUT2D eigenvalue weighted by Crippen LogP contribution is 2.29. The Kier molecular flexibility index (Phi) is 4.22. The van der Waals surface area contributed by atoms with Crippen LogP contribution in [0.3, 0.4) is 0 Å². The molecule has 6 nitrogen and oxygen atoms in total. The zero-order valence-electron chi connectivity index (χ0n) is 13.2. The highest BCUT2D eigenvalue weighted by atomic mass is 35.5. The Morgan fingerprint density at radius 1 is 1.08 bits per heavy atom. The maximum absolute atomic E-state index is 10.4. The predicted octanol–water partition coefficient (Wildman–Crippen LogP) is 4.39. The van der Waals surface area contributed by atoms with Crippen LogP contribution >= 0.6 is 11.6 Å². The molecular weight excluding hydrogens is 328 g/mol. The third-order valence-electron chi connectivity index (χ3n) is 3.52. The molecule has 3 aromatic rings. The number of rotatable bonds is 3. The number of benzene rings is 2. The molecule has 3 rings (SSSR count). The van der Waals surface area contributed by atoms with Gasteiger partial charge in [-0.25, -0.2) is 0 Å². The zero-order valence-corrected chi connectivity index (χ0v) is 13.9. The second kappa shape index (κ2) is 6.33. The van der Waals surface area contributed by atoms with E-state index in [-0.39, 0.29) is 11.6 Å². The molecule has 2 N–H and O–H groups in total. The molecule has 0 spiro atoms. The minimum Gasteiger partial charge on any atom is -0.506 e. The van der Waals surface area contributed by atoms with Gasteiger partial charge in [0.2, 0.25) is 11.9 Å². The number of nitrogens with zero attached hydrogens (tertiary/aromatic N) is 4. The summed E-state index contributed by atoms with van der Waals surface area (Å²) in [6.07, 6.45) is 1.72. The molecule has 1 heterocycles. The number of hydrogen-bond acceptors (Lipinski definition) is 4. The largest absolute Gasteiger partial charge is 0.506 e. The van der Waals surface area contributed by atoms with Crippen molar-refractivity contribution < 1.29 is 15.0 Å². The number of azo groups is 1. The molecule has 0 saturated heterocycles. The summed E-state index contributed by atoms with van der Waals surface area (Å²) in [6.45, 7) is 3.70. The van der Waals surface area contributed by atoms with Crippen LogP contribution in [0.15, 0.2) is 58.9 Å². The summed E-state index contributed by atoms with van der Waals surface area (Å²) in [6, 6.07) is 12.1. The Morgan fingerprint density at radius 3 is 2.62 bits per heavy atom.